The summed E-state index contributed by atoms with van der Waals surface area (Å²) < 4.78 is 1.81. The van der Waals surface area contributed by atoms with Gasteiger partial charge in [0.15, 0.2) is 0 Å². The molecule has 2 aromatic rings. The Balaban J connectivity index is 1.51. The van der Waals surface area contributed by atoms with E-state index in [0.29, 0.717) is 36.3 Å². The maximum Gasteiger partial charge on any atom is 0.275 e. The van der Waals surface area contributed by atoms with Gasteiger partial charge in [0, 0.05) is 42.6 Å². The molecule has 0 unspecified atom stereocenters. The molecule has 2 aliphatic rings. The van der Waals surface area contributed by atoms with Crippen LogP contribution in [0.5, 0.6) is 0 Å². The Morgan fingerprint density at radius 2 is 2.12 bits per heavy atom. The number of aromatic amines is 2. The van der Waals surface area contributed by atoms with E-state index in [1.54, 1.807) is 12.4 Å². The molecule has 7 heteroatoms. The number of carbonyl (C=O) groups excluding carboxylic acids is 1. The lowest BCUT2D eigenvalue weighted by atomic mass is 10.1. The van der Waals surface area contributed by atoms with Gasteiger partial charge in [-0.15, -0.1) is 0 Å². The molecule has 3 heterocycles. The van der Waals surface area contributed by atoms with Gasteiger partial charge in [-0.25, -0.2) is 5.10 Å². The van der Waals surface area contributed by atoms with Crippen molar-refractivity contribution in [1.29, 1.82) is 0 Å². The molecule has 3 N–H and O–H groups in total. The van der Waals surface area contributed by atoms with E-state index in [1.807, 2.05) is 35.9 Å². The number of carbonyl (C=O) groups is 1. The zero-order valence-electron chi connectivity index (χ0n) is 14.4. The van der Waals surface area contributed by atoms with Gasteiger partial charge in [-0.1, -0.05) is 18.2 Å². The Morgan fingerprint density at radius 3 is 2.96 bits per heavy atom. The summed E-state index contributed by atoms with van der Waals surface area (Å²) in [6.07, 6.45) is 6.13. The lowest BCUT2D eigenvalue weighted by Crippen LogP contribution is -2.27. The number of aromatic nitrogens is 4. The number of nitrogens with zero attached hydrogens (tertiary/aromatic N) is 2. The third kappa shape index (κ3) is 2.77. The van der Waals surface area contributed by atoms with E-state index in [0.717, 1.165) is 16.5 Å². The van der Waals surface area contributed by atoms with Crippen molar-refractivity contribution in [3.05, 3.63) is 64.3 Å². The summed E-state index contributed by atoms with van der Waals surface area (Å²) in [4.78, 5) is 27.7. The normalized spacial score (nSPS) is 11.3. The molecule has 0 fully saturated rings. The number of benzene rings is 1. The summed E-state index contributed by atoms with van der Waals surface area (Å²) in [5, 5.41) is 10.5. The van der Waals surface area contributed by atoms with Crippen LogP contribution >= 0.6 is 0 Å². The van der Waals surface area contributed by atoms with Crippen LogP contribution in [0.4, 0.5) is 0 Å². The Kier molecular flexibility index (Phi) is 4.04. The van der Waals surface area contributed by atoms with E-state index >= 15 is 0 Å². The van der Waals surface area contributed by atoms with Crippen molar-refractivity contribution in [3.8, 4) is 11.3 Å². The van der Waals surface area contributed by atoms with Crippen molar-refractivity contribution in [1.82, 2.24) is 25.1 Å². The Labute approximate surface area is 149 Å². The fourth-order valence-corrected chi connectivity index (χ4v) is 3.18. The number of para-hydroxylation sites is 1. The molecule has 4 rings (SSSR count). The topological polar surface area (TPSA) is 95.6 Å². The van der Waals surface area contributed by atoms with Gasteiger partial charge in [-0.2, -0.15) is 5.10 Å². The quantitative estimate of drug-likeness (QED) is 0.515. The van der Waals surface area contributed by atoms with Crippen LogP contribution in [0.1, 0.15) is 22.8 Å². The van der Waals surface area contributed by atoms with Gasteiger partial charge in [0.2, 0.25) is 0 Å². The van der Waals surface area contributed by atoms with Crippen LogP contribution in [0.3, 0.4) is 0 Å². The number of hydrogen-bond donors (Lipinski definition) is 3. The van der Waals surface area contributed by atoms with Crippen LogP contribution < -0.4 is 10.9 Å². The van der Waals surface area contributed by atoms with E-state index in [2.05, 4.69) is 26.6 Å². The first kappa shape index (κ1) is 16.1. The summed E-state index contributed by atoms with van der Waals surface area (Å²) in [6.45, 7) is 3.11. The maximum absolute atomic E-state index is 12.6. The Bertz CT molecular complexity index is 1100. The Hall–Kier alpha value is -3.35. The average Bonchev–Trinajstić information content (AvgIpc) is 3.25. The van der Waals surface area contributed by atoms with Crippen LogP contribution in [0.15, 0.2) is 47.7 Å². The number of hydrogen-bond acceptors (Lipinski definition) is 3. The van der Waals surface area contributed by atoms with Crippen molar-refractivity contribution in [2.45, 2.75) is 19.9 Å². The number of aryl methyl sites for hydroxylation is 1. The first-order valence-electron chi connectivity index (χ1n) is 8.58. The van der Waals surface area contributed by atoms with Crippen LogP contribution in [0.25, 0.3) is 22.2 Å². The number of rotatable bonds is 5. The number of amides is 1. The van der Waals surface area contributed by atoms with Gasteiger partial charge in [0.25, 0.3) is 11.5 Å². The van der Waals surface area contributed by atoms with Crippen molar-refractivity contribution in [2.75, 3.05) is 6.54 Å². The fraction of sp³-hybridized carbons (Fsp3) is 0.211. The first-order valence-corrected chi connectivity index (χ1v) is 8.58. The van der Waals surface area contributed by atoms with Crippen molar-refractivity contribution < 1.29 is 4.79 Å². The molecule has 7 nitrogen and oxygen atoms in total. The predicted octanol–water partition coefficient (Wildman–Crippen LogP) is 2.15. The van der Waals surface area contributed by atoms with E-state index in [-0.39, 0.29) is 11.5 Å². The fourth-order valence-electron chi connectivity index (χ4n) is 3.18. The summed E-state index contributed by atoms with van der Waals surface area (Å²) in [5.74, 6) is -0.232. The highest BCUT2D eigenvalue weighted by Gasteiger charge is 2.20. The largest absolute Gasteiger partial charge is 0.361 e. The second kappa shape index (κ2) is 6.51. The SMILES string of the molecule is CCn1cc(C(=O)NCCc2c[nH]c3ccccc23)c2n[nH]c(=O)c-2c1. The highest BCUT2D eigenvalue weighted by Crippen LogP contribution is 2.20. The zero-order chi connectivity index (χ0) is 18.1. The average molecular weight is 349 g/mol. The van der Waals surface area contributed by atoms with Gasteiger partial charge in [0.05, 0.1) is 11.1 Å². The molecule has 0 saturated carbocycles. The summed E-state index contributed by atoms with van der Waals surface area (Å²) in [5.41, 5.74) is 3.20. The van der Waals surface area contributed by atoms with Gasteiger partial charge in [-0.05, 0) is 25.0 Å². The second-order valence-electron chi connectivity index (χ2n) is 6.18. The minimum Gasteiger partial charge on any atom is -0.361 e. The standard InChI is InChI=1S/C19H19N5O2/c1-2-24-10-14(17-15(11-24)19(26)23-22-17)18(25)20-8-7-12-9-21-16-6-4-3-5-13(12)16/h3-6,9-11,21H,2,7-8H2,1H3,(H,20,25)(H,23,26). The molecular formula is C19H19N5O2. The smallest absolute Gasteiger partial charge is 0.275 e. The molecule has 0 aliphatic carbocycles. The molecule has 1 amide bonds. The van der Waals surface area contributed by atoms with Crippen molar-refractivity contribution in [3.63, 3.8) is 0 Å². The highest BCUT2D eigenvalue weighted by molar-refractivity contribution is 5.99. The number of nitrogens with one attached hydrogen (secondary N) is 3. The molecule has 1 aromatic heterocycles. The third-order valence-electron chi connectivity index (χ3n) is 4.58. The van der Waals surface area contributed by atoms with Gasteiger partial charge in [0.1, 0.15) is 5.69 Å². The Morgan fingerprint density at radius 1 is 1.27 bits per heavy atom. The monoisotopic (exact) mass is 349 g/mol. The molecule has 0 saturated heterocycles. The van der Waals surface area contributed by atoms with Crippen LogP contribution in [0.2, 0.25) is 0 Å². The van der Waals surface area contributed by atoms with Crippen molar-refractivity contribution in [2.24, 2.45) is 0 Å². The summed E-state index contributed by atoms with van der Waals surface area (Å²) >= 11 is 0. The minimum atomic E-state index is -0.282. The molecule has 26 heavy (non-hydrogen) atoms. The van der Waals surface area contributed by atoms with Crippen LogP contribution in [-0.2, 0) is 13.0 Å². The predicted molar refractivity (Wildman–Crippen MR) is 99.5 cm³/mol. The van der Waals surface area contributed by atoms with E-state index in [9.17, 15) is 9.59 Å². The molecular weight excluding hydrogens is 330 g/mol. The molecule has 0 bridgehead atoms. The van der Waals surface area contributed by atoms with Gasteiger partial charge in [-0.3, -0.25) is 9.59 Å². The zero-order valence-corrected chi connectivity index (χ0v) is 14.4. The molecule has 2 aliphatic heterocycles. The van der Waals surface area contributed by atoms with E-state index < -0.39 is 0 Å². The molecule has 132 valence electrons. The van der Waals surface area contributed by atoms with Crippen LogP contribution in [0, 0.1) is 0 Å². The maximum atomic E-state index is 12.6. The number of pyridine rings is 1. The van der Waals surface area contributed by atoms with Gasteiger partial charge < -0.3 is 14.9 Å². The van der Waals surface area contributed by atoms with Crippen molar-refractivity contribution >= 4 is 16.8 Å². The molecule has 0 radical (unpaired) electrons. The highest BCUT2D eigenvalue weighted by atomic mass is 16.2. The third-order valence-corrected chi connectivity index (χ3v) is 4.58. The van der Waals surface area contributed by atoms with E-state index in [1.165, 1.54) is 0 Å². The molecule has 0 spiro atoms. The second-order valence-corrected chi connectivity index (χ2v) is 6.18. The lowest BCUT2D eigenvalue weighted by Gasteiger charge is -2.11. The first-order chi connectivity index (χ1) is 12.7. The molecule has 0 atom stereocenters. The van der Waals surface area contributed by atoms with Crippen LogP contribution in [-0.4, -0.2) is 32.2 Å². The summed E-state index contributed by atoms with van der Waals surface area (Å²) in [7, 11) is 0. The minimum absolute atomic E-state index is 0.232. The van der Waals surface area contributed by atoms with Gasteiger partial charge >= 0.3 is 0 Å². The molecule has 1 aromatic carbocycles. The number of H-pyrrole nitrogens is 2. The summed E-state index contributed by atoms with van der Waals surface area (Å²) in [6, 6.07) is 8.08. The van der Waals surface area contributed by atoms with E-state index in [4.69, 9.17) is 0 Å². The number of fused-ring (bicyclic) bond motifs is 2. The lowest BCUT2D eigenvalue weighted by molar-refractivity contribution is 0.0953.